The minimum atomic E-state index is -1.30. The van der Waals surface area contributed by atoms with Crippen molar-refractivity contribution in [2.75, 3.05) is 13.2 Å². The molecule has 8 nitrogen and oxygen atoms in total. The summed E-state index contributed by atoms with van der Waals surface area (Å²) < 4.78 is 20.0. The number of nitrogens with zero attached hydrogens (tertiary/aromatic N) is 2. The number of hydrogen-bond donors (Lipinski definition) is 1. The first-order chi connectivity index (χ1) is 16.0. The summed E-state index contributed by atoms with van der Waals surface area (Å²) in [5.41, 5.74) is 2.83. The van der Waals surface area contributed by atoms with Crippen molar-refractivity contribution in [2.45, 2.75) is 31.9 Å². The number of rotatable bonds is 6. The van der Waals surface area contributed by atoms with Gasteiger partial charge in [0, 0.05) is 35.9 Å². The first kappa shape index (κ1) is 20.6. The minimum Gasteiger partial charge on any atom is -0.490 e. The Kier molecular flexibility index (Phi) is 4.84. The average molecular weight is 487 g/mol. The molecule has 0 saturated heterocycles. The van der Waals surface area contributed by atoms with E-state index in [2.05, 4.69) is 4.98 Å². The van der Waals surface area contributed by atoms with Crippen molar-refractivity contribution < 1.29 is 24.1 Å². The first-order valence-electron chi connectivity index (χ1n) is 10.7. The number of aromatic carboxylic acids is 1. The van der Waals surface area contributed by atoms with Crippen molar-refractivity contribution in [2.24, 2.45) is 5.92 Å². The number of carboxylic acid groups (broad SMARTS) is 1. The zero-order valence-electron chi connectivity index (χ0n) is 17.4. The molecule has 0 bridgehead atoms. The van der Waals surface area contributed by atoms with Gasteiger partial charge in [-0.15, -0.1) is 11.3 Å². The third-order valence-corrected chi connectivity index (χ3v) is 7.49. The Hall–Kier alpha value is -3.04. The Morgan fingerprint density at radius 1 is 1.36 bits per heavy atom. The molecule has 170 valence electrons. The summed E-state index contributed by atoms with van der Waals surface area (Å²) in [6, 6.07) is 3.15. The molecule has 3 aliphatic rings. The predicted molar refractivity (Wildman–Crippen MR) is 121 cm³/mol. The van der Waals surface area contributed by atoms with Crippen molar-refractivity contribution in [1.82, 2.24) is 9.55 Å². The van der Waals surface area contributed by atoms with Crippen molar-refractivity contribution in [1.29, 1.82) is 0 Å². The molecule has 6 rings (SSSR count). The van der Waals surface area contributed by atoms with Crippen LogP contribution in [0.5, 0.6) is 17.2 Å². The van der Waals surface area contributed by atoms with Gasteiger partial charge in [-0.3, -0.25) is 4.79 Å². The van der Waals surface area contributed by atoms with Crippen LogP contribution in [0.15, 0.2) is 28.6 Å². The number of benzene rings is 1. The van der Waals surface area contributed by atoms with Gasteiger partial charge in [-0.2, -0.15) is 0 Å². The lowest BCUT2D eigenvalue weighted by Gasteiger charge is -2.32. The van der Waals surface area contributed by atoms with E-state index in [0.717, 1.165) is 17.9 Å². The Morgan fingerprint density at radius 2 is 2.21 bits per heavy atom. The van der Waals surface area contributed by atoms with E-state index in [9.17, 15) is 14.7 Å². The third-order valence-electron chi connectivity index (χ3n) is 6.22. The summed E-state index contributed by atoms with van der Waals surface area (Å²) in [7, 11) is 0. The molecular weight excluding hydrogens is 468 g/mol. The molecule has 1 aliphatic carbocycles. The summed E-state index contributed by atoms with van der Waals surface area (Å²) >= 11 is 7.61. The van der Waals surface area contributed by atoms with Crippen LogP contribution in [-0.4, -0.2) is 33.8 Å². The van der Waals surface area contributed by atoms with Gasteiger partial charge in [-0.1, -0.05) is 24.4 Å². The molecule has 1 N–H and O–H groups in total. The maximum atomic E-state index is 12.7. The molecular formula is C23H19ClN2O6S. The number of pyridine rings is 1. The fourth-order valence-corrected chi connectivity index (χ4v) is 5.44. The monoisotopic (exact) mass is 486 g/mol. The lowest BCUT2D eigenvalue weighted by Crippen LogP contribution is -2.28. The zero-order chi connectivity index (χ0) is 22.7. The summed E-state index contributed by atoms with van der Waals surface area (Å²) in [5, 5.41) is 9.79. The van der Waals surface area contributed by atoms with E-state index >= 15 is 0 Å². The quantitative estimate of drug-likeness (QED) is 0.552. The van der Waals surface area contributed by atoms with Gasteiger partial charge in [-0.05, 0) is 12.3 Å². The van der Waals surface area contributed by atoms with Gasteiger partial charge in [0.15, 0.2) is 16.9 Å². The predicted octanol–water partition coefficient (Wildman–Crippen LogP) is 4.38. The van der Waals surface area contributed by atoms with Gasteiger partial charge in [0.1, 0.15) is 21.3 Å². The summed E-state index contributed by atoms with van der Waals surface area (Å²) in [6.07, 6.45) is 4.68. The zero-order valence-corrected chi connectivity index (χ0v) is 18.9. The largest absolute Gasteiger partial charge is 0.490 e. The van der Waals surface area contributed by atoms with E-state index in [1.165, 1.54) is 36.4 Å². The highest BCUT2D eigenvalue weighted by Gasteiger charge is 2.36. The molecule has 1 fully saturated rings. The summed E-state index contributed by atoms with van der Waals surface area (Å²) in [4.78, 5) is 29.0. The number of fused-ring (bicyclic) bond motifs is 5. The lowest BCUT2D eigenvalue weighted by atomic mass is 9.97. The number of ether oxygens (including phenoxy) is 3. The highest BCUT2D eigenvalue weighted by molar-refractivity contribution is 7.10. The van der Waals surface area contributed by atoms with Crippen LogP contribution in [0, 0.1) is 5.92 Å². The Labute approximate surface area is 197 Å². The van der Waals surface area contributed by atoms with Crippen LogP contribution in [-0.2, 0) is 6.42 Å². The van der Waals surface area contributed by atoms with Crippen molar-refractivity contribution in [3.05, 3.63) is 55.2 Å². The van der Waals surface area contributed by atoms with Gasteiger partial charge in [0.05, 0.1) is 24.4 Å². The average Bonchev–Trinajstić information content (AvgIpc) is 3.29. The van der Waals surface area contributed by atoms with Gasteiger partial charge in [0.25, 0.3) is 0 Å². The Balaban J connectivity index is 1.52. The molecule has 1 unspecified atom stereocenters. The molecule has 3 aromatic rings. The molecule has 1 aromatic carbocycles. The number of aromatic nitrogens is 2. The van der Waals surface area contributed by atoms with E-state index in [1.54, 1.807) is 16.1 Å². The molecule has 1 saturated carbocycles. The number of carbonyl (C=O) groups is 1. The van der Waals surface area contributed by atoms with Crippen LogP contribution in [0.4, 0.5) is 0 Å². The molecule has 10 heteroatoms. The SMILES string of the molecule is O=C(O)c1cn2c(cc1=O)-c1c(cc(OCCC3CC3)c3c1CCO3)OC2c1scnc1Cl. The van der Waals surface area contributed by atoms with Crippen LogP contribution >= 0.6 is 22.9 Å². The van der Waals surface area contributed by atoms with Gasteiger partial charge >= 0.3 is 5.97 Å². The Morgan fingerprint density at radius 3 is 2.94 bits per heavy atom. The van der Waals surface area contributed by atoms with Crippen LogP contribution in [0.3, 0.4) is 0 Å². The maximum Gasteiger partial charge on any atom is 0.341 e. The normalized spacial score (nSPS) is 18.0. The first-order valence-corrected chi connectivity index (χ1v) is 12.0. The second-order valence-corrected chi connectivity index (χ2v) is 9.61. The molecule has 4 heterocycles. The second kappa shape index (κ2) is 7.78. The third kappa shape index (κ3) is 3.46. The van der Waals surface area contributed by atoms with Crippen LogP contribution in [0.1, 0.15) is 46.3 Å². The van der Waals surface area contributed by atoms with E-state index in [0.29, 0.717) is 53.0 Å². The fourth-order valence-electron chi connectivity index (χ4n) is 4.41. The number of thiazole rings is 1. The van der Waals surface area contributed by atoms with Crippen LogP contribution < -0.4 is 19.6 Å². The second-order valence-electron chi connectivity index (χ2n) is 8.36. The molecule has 2 aliphatic heterocycles. The van der Waals surface area contributed by atoms with Crippen molar-refractivity contribution in [3.8, 4) is 28.5 Å². The molecule has 2 aromatic heterocycles. The minimum absolute atomic E-state index is 0.264. The number of hydrogen-bond acceptors (Lipinski definition) is 7. The van der Waals surface area contributed by atoms with E-state index < -0.39 is 17.6 Å². The van der Waals surface area contributed by atoms with Gasteiger partial charge in [-0.25, -0.2) is 9.78 Å². The molecule has 0 spiro atoms. The van der Waals surface area contributed by atoms with E-state index in [4.69, 9.17) is 25.8 Å². The molecule has 33 heavy (non-hydrogen) atoms. The summed E-state index contributed by atoms with van der Waals surface area (Å²) in [5.74, 6) is 1.26. The highest BCUT2D eigenvalue weighted by atomic mass is 35.5. The smallest absolute Gasteiger partial charge is 0.341 e. The fraction of sp³-hybridized carbons (Fsp3) is 0.348. The number of halogens is 1. The van der Waals surface area contributed by atoms with Gasteiger partial charge in [0.2, 0.25) is 6.23 Å². The van der Waals surface area contributed by atoms with E-state index in [-0.39, 0.29) is 10.7 Å². The van der Waals surface area contributed by atoms with Crippen molar-refractivity contribution >= 4 is 28.9 Å². The van der Waals surface area contributed by atoms with E-state index in [1.807, 2.05) is 0 Å². The standard InChI is InChI=1S/C23H19ClN2O6S/c24-21-20(33-10-25-21)22-26-9-13(23(28)29)15(27)7-14(26)18-12-4-6-31-19(12)17(8-16(18)32-22)30-5-3-11-1-2-11/h7-11,22H,1-6H2,(H,28,29). The highest BCUT2D eigenvalue weighted by Crippen LogP contribution is 2.51. The van der Waals surface area contributed by atoms with Gasteiger partial charge < -0.3 is 23.9 Å². The Bertz CT molecular complexity index is 1350. The van der Waals surface area contributed by atoms with Crippen molar-refractivity contribution in [3.63, 3.8) is 0 Å². The van der Waals surface area contributed by atoms with Crippen LogP contribution in [0.25, 0.3) is 11.3 Å². The lowest BCUT2D eigenvalue weighted by molar-refractivity contribution is 0.0693. The maximum absolute atomic E-state index is 12.7. The number of carboxylic acids is 1. The summed E-state index contributed by atoms with van der Waals surface area (Å²) in [6.45, 7) is 1.09. The topological polar surface area (TPSA) is 99.9 Å². The molecule has 1 atom stereocenters. The van der Waals surface area contributed by atoms with Crippen LogP contribution in [0.2, 0.25) is 5.15 Å². The molecule has 0 amide bonds. The molecule has 0 radical (unpaired) electrons.